The van der Waals surface area contributed by atoms with Crippen LogP contribution in [0.4, 0.5) is 4.39 Å². The normalized spacial score (nSPS) is 19.0. The number of aromatic hydroxyl groups is 1. The molecule has 2 N–H and O–H groups in total. The van der Waals surface area contributed by atoms with Gasteiger partial charge in [-0.15, -0.1) is 0 Å². The summed E-state index contributed by atoms with van der Waals surface area (Å²) in [7, 11) is 1.36. The van der Waals surface area contributed by atoms with E-state index in [1.165, 1.54) is 29.9 Å². The van der Waals surface area contributed by atoms with Crippen LogP contribution >= 0.6 is 0 Å². The molecule has 5 rings (SSSR count). The fraction of sp³-hybridized carbons (Fsp3) is 0.360. The summed E-state index contributed by atoms with van der Waals surface area (Å²) in [6.45, 7) is 2.69. The highest BCUT2D eigenvalue weighted by Gasteiger charge is 2.45. The Hall–Kier alpha value is -3.95. The summed E-state index contributed by atoms with van der Waals surface area (Å²) < 4.78 is 21.1. The van der Waals surface area contributed by atoms with Gasteiger partial charge in [0.1, 0.15) is 22.4 Å². The first-order chi connectivity index (χ1) is 16.7. The summed E-state index contributed by atoms with van der Waals surface area (Å²) in [4.78, 5) is 45.5. The second kappa shape index (κ2) is 8.37. The molecule has 0 radical (unpaired) electrons. The lowest BCUT2D eigenvalue weighted by molar-refractivity contribution is -0.147. The van der Waals surface area contributed by atoms with E-state index >= 15 is 0 Å². The van der Waals surface area contributed by atoms with Crippen LogP contribution in [0.25, 0.3) is 11.0 Å². The van der Waals surface area contributed by atoms with Gasteiger partial charge in [0.05, 0.1) is 6.54 Å². The Morgan fingerprint density at radius 3 is 2.57 bits per heavy atom. The molecule has 3 aromatic rings. The van der Waals surface area contributed by atoms with Crippen molar-refractivity contribution in [2.75, 3.05) is 20.1 Å². The number of pyridine rings is 2. The van der Waals surface area contributed by atoms with Crippen molar-refractivity contribution in [2.45, 2.75) is 38.3 Å². The van der Waals surface area contributed by atoms with E-state index in [-0.39, 0.29) is 35.1 Å². The standard InChI is InChI=1S/C25H25FN4O5/c1-25(24(34)29-9-3-4-10-29)13-30-19-18(20(31)17(23(30)33)22(32)27-2)28-12-15(21(19)35-25)11-14-5-7-16(26)8-6-14/h5-8,12,31H,3-4,9-11,13H2,1-2H3,(H,27,32)/t25-/m1/s1. The van der Waals surface area contributed by atoms with Gasteiger partial charge in [-0.3, -0.25) is 23.9 Å². The largest absolute Gasteiger partial charge is 0.505 e. The van der Waals surface area contributed by atoms with Gasteiger partial charge in [0.25, 0.3) is 17.4 Å². The van der Waals surface area contributed by atoms with E-state index in [4.69, 9.17) is 4.74 Å². The molecule has 0 unspecified atom stereocenters. The molecule has 182 valence electrons. The van der Waals surface area contributed by atoms with Crippen molar-refractivity contribution in [2.24, 2.45) is 0 Å². The van der Waals surface area contributed by atoms with Crippen molar-refractivity contribution in [3.63, 3.8) is 0 Å². The van der Waals surface area contributed by atoms with Crippen molar-refractivity contribution in [1.29, 1.82) is 0 Å². The number of hydrogen-bond donors (Lipinski definition) is 2. The molecule has 10 heteroatoms. The second-order valence-electron chi connectivity index (χ2n) is 9.14. The molecule has 2 aliphatic rings. The van der Waals surface area contributed by atoms with E-state index in [1.54, 1.807) is 24.0 Å². The number of hydrogen-bond acceptors (Lipinski definition) is 6. The van der Waals surface area contributed by atoms with Crippen molar-refractivity contribution < 1.29 is 23.8 Å². The number of rotatable bonds is 4. The average Bonchev–Trinajstić information content (AvgIpc) is 3.39. The van der Waals surface area contributed by atoms with Gasteiger partial charge in [-0.2, -0.15) is 0 Å². The van der Waals surface area contributed by atoms with Crippen LogP contribution in [-0.4, -0.2) is 57.1 Å². The zero-order valence-electron chi connectivity index (χ0n) is 19.4. The lowest BCUT2D eigenvalue weighted by Gasteiger charge is -2.38. The minimum Gasteiger partial charge on any atom is -0.505 e. The van der Waals surface area contributed by atoms with E-state index in [9.17, 15) is 23.9 Å². The predicted molar refractivity (Wildman–Crippen MR) is 125 cm³/mol. The number of benzene rings is 1. The highest BCUT2D eigenvalue weighted by Crippen LogP contribution is 2.40. The zero-order valence-corrected chi connectivity index (χ0v) is 19.4. The van der Waals surface area contributed by atoms with E-state index in [0.29, 0.717) is 25.1 Å². The minimum absolute atomic E-state index is 0.0247. The summed E-state index contributed by atoms with van der Waals surface area (Å²) in [5, 5.41) is 13.2. The fourth-order valence-corrected chi connectivity index (χ4v) is 4.87. The molecule has 0 saturated carbocycles. The quantitative estimate of drug-likeness (QED) is 0.590. The van der Waals surface area contributed by atoms with Crippen LogP contribution in [0.5, 0.6) is 11.5 Å². The third-order valence-electron chi connectivity index (χ3n) is 6.67. The molecule has 0 bridgehead atoms. The molecule has 0 aliphatic carbocycles. The molecule has 0 spiro atoms. The lowest BCUT2D eigenvalue weighted by Crippen LogP contribution is -2.56. The number of nitrogens with one attached hydrogen (secondary N) is 1. The molecule has 4 heterocycles. The van der Waals surface area contributed by atoms with E-state index in [1.807, 2.05) is 0 Å². The molecule has 2 aliphatic heterocycles. The molecule has 1 saturated heterocycles. The monoisotopic (exact) mass is 480 g/mol. The fourth-order valence-electron chi connectivity index (χ4n) is 4.87. The van der Waals surface area contributed by atoms with Gasteiger partial charge in [0, 0.05) is 38.3 Å². The van der Waals surface area contributed by atoms with Crippen LogP contribution in [0, 0.1) is 5.82 Å². The minimum atomic E-state index is -1.41. The van der Waals surface area contributed by atoms with Gasteiger partial charge in [-0.05, 0) is 37.5 Å². The Kier molecular flexibility index (Phi) is 5.46. The molecule has 1 fully saturated rings. The van der Waals surface area contributed by atoms with Gasteiger partial charge >= 0.3 is 0 Å². The van der Waals surface area contributed by atoms with Crippen LogP contribution in [0.15, 0.2) is 35.3 Å². The molecule has 1 atom stereocenters. The average molecular weight is 480 g/mol. The summed E-state index contributed by atoms with van der Waals surface area (Å²) in [5.41, 5.74) is -1.02. The second-order valence-corrected chi connectivity index (χ2v) is 9.14. The van der Waals surface area contributed by atoms with E-state index in [2.05, 4.69) is 10.3 Å². The maximum Gasteiger partial charge on any atom is 0.268 e. The SMILES string of the molecule is CNC(=O)c1c(O)c2ncc(Cc3ccc(F)cc3)c3c2n(c1=O)C[C@](C)(C(=O)N1CCCC1)O3. The summed E-state index contributed by atoms with van der Waals surface area (Å²) in [5.74, 6) is -1.69. The lowest BCUT2D eigenvalue weighted by atomic mass is 9.98. The Balaban J connectivity index is 1.73. The number of nitrogens with zero attached hydrogens (tertiary/aromatic N) is 3. The molecular weight excluding hydrogens is 455 g/mol. The molecule has 2 amide bonds. The van der Waals surface area contributed by atoms with Crippen molar-refractivity contribution >= 4 is 22.8 Å². The highest BCUT2D eigenvalue weighted by molar-refractivity contribution is 6.02. The van der Waals surface area contributed by atoms with Crippen molar-refractivity contribution in [3.05, 3.63) is 63.3 Å². The van der Waals surface area contributed by atoms with Gasteiger partial charge in [-0.1, -0.05) is 12.1 Å². The number of ether oxygens (including phenoxy) is 1. The van der Waals surface area contributed by atoms with Crippen LogP contribution in [0.3, 0.4) is 0 Å². The molecule has 35 heavy (non-hydrogen) atoms. The van der Waals surface area contributed by atoms with Crippen molar-refractivity contribution in [1.82, 2.24) is 19.8 Å². The number of likely N-dealkylation sites (tertiary alicyclic amines) is 1. The zero-order chi connectivity index (χ0) is 24.9. The predicted octanol–water partition coefficient (Wildman–Crippen LogP) is 1.97. The first-order valence-corrected chi connectivity index (χ1v) is 11.5. The van der Waals surface area contributed by atoms with Gasteiger partial charge in [-0.25, -0.2) is 4.39 Å². The van der Waals surface area contributed by atoms with Gasteiger partial charge in [0.15, 0.2) is 11.5 Å². The Bertz CT molecular complexity index is 1410. The molecule has 1 aromatic carbocycles. The number of amides is 2. The van der Waals surface area contributed by atoms with Crippen LogP contribution in [-0.2, 0) is 17.8 Å². The third kappa shape index (κ3) is 3.69. The van der Waals surface area contributed by atoms with Gasteiger partial charge in [0.2, 0.25) is 5.60 Å². The summed E-state index contributed by atoms with van der Waals surface area (Å²) >= 11 is 0. The first kappa shape index (κ1) is 22.8. The topological polar surface area (TPSA) is 114 Å². The maximum absolute atomic E-state index is 13.5. The van der Waals surface area contributed by atoms with Crippen LogP contribution in [0.1, 0.15) is 41.3 Å². The molecule has 9 nitrogen and oxygen atoms in total. The number of aromatic nitrogens is 2. The molecule has 2 aromatic heterocycles. The summed E-state index contributed by atoms with van der Waals surface area (Å²) in [6, 6.07) is 5.94. The number of halogens is 1. The van der Waals surface area contributed by atoms with E-state index in [0.717, 1.165) is 18.4 Å². The summed E-state index contributed by atoms with van der Waals surface area (Å²) in [6.07, 6.45) is 3.55. The number of carbonyl (C=O) groups excluding carboxylic acids is 2. The third-order valence-corrected chi connectivity index (χ3v) is 6.67. The Morgan fingerprint density at radius 1 is 1.23 bits per heavy atom. The maximum atomic E-state index is 13.5. The van der Waals surface area contributed by atoms with Gasteiger partial charge < -0.3 is 20.1 Å². The smallest absolute Gasteiger partial charge is 0.268 e. The molecular formula is C25H25FN4O5. The number of carbonyl (C=O) groups is 2. The Morgan fingerprint density at radius 2 is 1.91 bits per heavy atom. The van der Waals surface area contributed by atoms with Crippen LogP contribution < -0.4 is 15.6 Å². The first-order valence-electron chi connectivity index (χ1n) is 11.5. The highest BCUT2D eigenvalue weighted by atomic mass is 19.1. The van der Waals surface area contributed by atoms with E-state index < -0.39 is 28.4 Å². The van der Waals surface area contributed by atoms with Crippen LogP contribution in [0.2, 0.25) is 0 Å². The van der Waals surface area contributed by atoms with Crippen molar-refractivity contribution in [3.8, 4) is 11.5 Å². The Labute approximate surface area is 200 Å².